The Morgan fingerprint density at radius 3 is 2.50 bits per heavy atom. The third-order valence-corrected chi connectivity index (χ3v) is 4.32. The number of nitrogens with zero attached hydrogens (tertiary/aromatic N) is 4. The SMILES string of the molecule is Cc1nc([C@H]2C[C@@H]2c2ccncc2)n(-c2ccc(Cl)cc2)n1. The average molecular weight is 311 g/mol. The molecule has 1 aromatic carbocycles. The minimum atomic E-state index is 0.416. The molecule has 4 rings (SSSR count). The second-order valence-electron chi connectivity index (χ2n) is 5.63. The molecule has 0 aliphatic heterocycles. The van der Waals surface area contributed by atoms with Crippen LogP contribution in [0.1, 0.15) is 35.5 Å². The zero-order valence-corrected chi connectivity index (χ0v) is 12.9. The monoisotopic (exact) mass is 310 g/mol. The minimum absolute atomic E-state index is 0.416. The zero-order valence-electron chi connectivity index (χ0n) is 12.1. The van der Waals surface area contributed by atoms with Crippen LogP contribution in [0.4, 0.5) is 0 Å². The molecule has 0 amide bonds. The van der Waals surface area contributed by atoms with Gasteiger partial charge in [0, 0.05) is 23.3 Å². The van der Waals surface area contributed by atoms with Gasteiger partial charge in [0.25, 0.3) is 0 Å². The molecule has 0 N–H and O–H groups in total. The molecule has 1 aliphatic carbocycles. The maximum atomic E-state index is 5.97. The third kappa shape index (κ3) is 2.40. The fourth-order valence-electron chi connectivity index (χ4n) is 2.90. The van der Waals surface area contributed by atoms with Crippen LogP contribution in [0.15, 0.2) is 48.8 Å². The Hall–Kier alpha value is -2.20. The molecule has 22 heavy (non-hydrogen) atoms. The summed E-state index contributed by atoms with van der Waals surface area (Å²) < 4.78 is 1.94. The quantitative estimate of drug-likeness (QED) is 0.737. The van der Waals surface area contributed by atoms with E-state index in [1.165, 1.54) is 5.56 Å². The maximum Gasteiger partial charge on any atom is 0.148 e. The number of benzene rings is 1. The second kappa shape index (κ2) is 5.21. The highest BCUT2D eigenvalue weighted by molar-refractivity contribution is 6.30. The van der Waals surface area contributed by atoms with Gasteiger partial charge >= 0.3 is 0 Å². The van der Waals surface area contributed by atoms with Gasteiger partial charge in [0.1, 0.15) is 11.6 Å². The standard InChI is InChI=1S/C17H15ClN4/c1-11-20-17(16-10-15(16)12-6-8-19-9-7-12)22(21-11)14-4-2-13(18)3-5-14/h2-9,15-16H,10H2,1H3/t15-,16+/m1/s1. The predicted octanol–water partition coefficient (Wildman–Crippen LogP) is 3.90. The van der Waals surface area contributed by atoms with Gasteiger partial charge in [0.2, 0.25) is 0 Å². The molecule has 2 heterocycles. The fourth-order valence-corrected chi connectivity index (χ4v) is 3.03. The number of hydrogen-bond donors (Lipinski definition) is 0. The summed E-state index contributed by atoms with van der Waals surface area (Å²) in [6.45, 7) is 1.93. The Labute approximate surface area is 133 Å². The minimum Gasteiger partial charge on any atom is -0.265 e. The van der Waals surface area contributed by atoms with Gasteiger partial charge in [0.05, 0.1) is 5.69 Å². The molecule has 5 heteroatoms. The van der Waals surface area contributed by atoms with E-state index in [2.05, 4.69) is 27.2 Å². The normalized spacial score (nSPS) is 20.1. The lowest BCUT2D eigenvalue weighted by molar-refractivity contribution is 0.780. The Kier molecular flexibility index (Phi) is 3.19. The largest absolute Gasteiger partial charge is 0.265 e. The topological polar surface area (TPSA) is 43.6 Å². The van der Waals surface area contributed by atoms with Crippen molar-refractivity contribution in [1.29, 1.82) is 0 Å². The molecule has 0 unspecified atom stereocenters. The highest BCUT2D eigenvalue weighted by atomic mass is 35.5. The van der Waals surface area contributed by atoms with Crippen LogP contribution in [0.2, 0.25) is 5.02 Å². The highest BCUT2D eigenvalue weighted by Gasteiger charge is 2.43. The van der Waals surface area contributed by atoms with Gasteiger partial charge in [-0.05, 0) is 61.2 Å². The van der Waals surface area contributed by atoms with Gasteiger partial charge in [0.15, 0.2) is 0 Å². The van der Waals surface area contributed by atoms with Crippen molar-refractivity contribution in [2.24, 2.45) is 0 Å². The summed E-state index contributed by atoms with van der Waals surface area (Å²) in [5.74, 6) is 2.75. The molecule has 0 radical (unpaired) electrons. The summed E-state index contributed by atoms with van der Waals surface area (Å²) in [6.07, 6.45) is 4.80. The van der Waals surface area contributed by atoms with Gasteiger partial charge in [-0.1, -0.05) is 11.6 Å². The smallest absolute Gasteiger partial charge is 0.148 e. The Morgan fingerprint density at radius 2 is 1.77 bits per heavy atom. The molecule has 1 aliphatic rings. The van der Waals surface area contributed by atoms with Crippen LogP contribution in [-0.2, 0) is 0 Å². The second-order valence-corrected chi connectivity index (χ2v) is 6.07. The number of hydrogen-bond acceptors (Lipinski definition) is 3. The molecular formula is C17H15ClN4. The first kappa shape index (κ1) is 13.5. The highest BCUT2D eigenvalue weighted by Crippen LogP contribution is 2.54. The van der Waals surface area contributed by atoms with Crippen molar-refractivity contribution >= 4 is 11.6 Å². The van der Waals surface area contributed by atoms with Gasteiger partial charge in [-0.25, -0.2) is 9.67 Å². The van der Waals surface area contributed by atoms with E-state index in [4.69, 9.17) is 11.6 Å². The first-order valence-corrected chi connectivity index (χ1v) is 7.69. The van der Waals surface area contributed by atoms with Crippen LogP contribution in [0, 0.1) is 6.92 Å². The zero-order chi connectivity index (χ0) is 15.1. The van der Waals surface area contributed by atoms with E-state index in [-0.39, 0.29) is 0 Å². The summed E-state index contributed by atoms with van der Waals surface area (Å²) >= 11 is 5.97. The number of aryl methyl sites for hydroxylation is 1. The number of rotatable bonds is 3. The van der Waals surface area contributed by atoms with Crippen molar-refractivity contribution in [3.63, 3.8) is 0 Å². The van der Waals surface area contributed by atoms with Crippen LogP contribution in [0.25, 0.3) is 5.69 Å². The molecule has 3 aromatic rings. The van der Waals surface area contributed by atoms with Crippen LogP contribution in [0.3, 0.4) is 0 Å². The third-order valence-electron chi connectivity index (χ3n) is 4.07. The van der Waals surface area contributed by atoms with Crippen molar-refractivity contribution in [3.05, 3.63) is 71.0 Å². The molecule has 2 atom stereocenters. The van der Waals surface area contributed by atoms with Crippen LogP contribution >= 0.6 is 11.6 Å². The lowest BCUT2D eigenvalue weighted by Crippen LogP contribution is -2.02. The lowest BCUT2D eigenvalue weighted by atomic mass is 10.1. The molecule has 1 fully saturated rings. The van der Waals surface area contributed by atoms with Crippen molar-refractivity contribution in [1.82, 2.24) is 19.7 Å². The number of pyridine rings is 1. The Balaban J connectivity index is 1.68. The Bertz CT molecular complexity index is 795. The van der Waals surface area contributed by atoms with Gasteiger partial charge < -0.3 is 0 Å². The first-order chi connectivity index (χ1) is 10.7. The predicted molar refractivity (Wildman–Crippen MR) is 85.4 cm³/mol. The van der Waals surface area contributed by atoms with E-state index < -0.39 is 0 Å². The summed E-state index contributed by atoms with van der Waals surface area (Å²) in [5, 5.41) is 5.28. The molecule has 110 valence electrons. The molecule has 0 saturated heterocycles. The molecule has 0 spiro atoms. The van der Waals surface area contributed by atoms with E-state index in [9.17, 15) is 0 Å². The van der Waals surface area contributed by atoms with Crippen LogP contribution in [-0.4, -0.2) is 19.7 Å². The first-order valence-electron chi connectivity index (χ1n) is 7.32. The van der Waals surface area contributed by atoms with Gasteiger partial charge in [-0.15, -0.1) is 0 Å². The van der Waals surface area contributed by atoms with Crippen molar-refractivity contribution in [3.8, 4) is 5.69 Å². The summed E-state index contributed by atoms with van der Waals surface area (Å²) in [7, 11) is 0. The van der Waals surface area contributed by atoms with Crippen molar-refractivity contribution in [2.75, 3.05) is 0 Å². The van der Waals surface area contributed by atoms with Crippen LogP contribution < -0.4 is 0 Å². The molecule has 1 saturated carbocycles. The Morgan fingerprint density at radius 1 is 1.05 bits per heavy atom. The lowest BCUT2D eigenvalue weighted by Gasteiger charge is -2.06. The molecule has 4 nitrogen and oxygen atoms in total. The fraction of sp³-hybridized carbons (Fsp3) is 0.235. The van der Waals surface area contributed by atoms with Crippen molar-refractivity contribution < 1.29 is 0 Å². The molecule has 0 bridgehead atoms. The van der Waals surface area contributed by atoms with Gasteiger partial charge in [-0.2, -0.15) is 5.10 Å². The maximum absolute atomic E-state index is 5.97. The molecule has 2 aromatic heterocycles. The van der Waals surface area contributed by atoms with E-state index in [1.807, 2.05) is 48.3 Å². The van der Waals surface area contributed by atoms with E-state index in [1.54, 1.807) is 0 Å². The van der Waals surface area contributed by atoms with Crippen molar-refractivity contribution in [2.45, 2.75) is 25.2 Å². The van der Waals surface area contributed by atoms with E-state index in [0.29, 0.717) is 11.8 Å². The van der Waals surface area contributed by atoms with E-state index in [0.717, 1.165) is 28.8 Å². The number of halogens is 1. The van der Waals surface area contributed by atoms with Crippen LogP contribution in [0.5, 0.6) is 0 Å². The molecular weight excluding hydrogens is 296 g/mol. The summed E-state index contributed by atoms with van der Waals surface area (Å²) in [4.78, 5) is 8.74. The van der Waals surface area contributed by atoms with Gasteiger partial charge in [-0.3, -0.25) is 4.98 Å². The summed E-state index contributed by atoms with van der Waals surface area (Å²) in [5.41, 5.74) is 2.32. The number of aromatic nitrogens is 4. The summed E-state index contributed by atoms with van der Waals surface area (Å²) in [6, 6.07) is 11.9. The average Bonchev–Trinajstić information content (AvgIpc) is 3.25. The van der Waals surface area contributed by atoms with E-state index >= 15 is 0 Å².